The predicted molar refractivity (Wildman–Crippen MR) is 68.5 cm³/mol. The summed E-state index contributed by atoms with van der Waals surface area (Å²) in [6.45, 7) is 5.43. The standard InChI is InChI=1S/C15H22O5/c1-8-9-6-10-12(2,17)4-5-14(10)13(3,18)7-15(9,20-14)19-11(8)16/h8-10,17-18H,4-7H2,1-3H3/t8?,9?,10?,12-,13-,14?,15?/m1/s1. The minimum Gasteiger partial charge on any atom is -0.432 e. The van der Waals surface area contributed by atoms with Crippen LogP contribution in [0.5, 0.6) is 0 Å². The second-order valence-corrected chi connectivity index (χ2v) is 7.72. The number of hydrogen-bond donors (Lipinski definition) is 2. The first kappa shape index (κ1) is 13.0. The molecule has 4 aliphatic rings. The molecule has 5 nitrogen and oxygen atoms in total. The molecule has 7 atom stereocenters. The summed E-state index contributed by atoms with van der Waals surface area (Å²) in [5.74, 6) is -1.69. The van der Waals surface area contributed by atoms with E-state index >= 15 is 0 Å². The molecule has 0 radical (unpaired) electrons. The van der Waals surface area contributed by atoms with Gasteiger partial charge >= 0.3 is 5.97 Å². The van der Waals surface area contributed by atoms with E-state index in [0.717, 1.165) is 0 Å². The van der Waals surface area contributed by atoms with Gasteiger partial charge in [0.1, 0.15) is 5.60 Å². The van der Waals surface area contributed by atoms with Crippen LogP contribution >= 0.6 is 0 Å². The van der Waals surface area contributed by atoms with Crippen molar-refractivity contribution in [2.75, 3.05) is 0 Å². The lowest BCUT2D eigenvalue weighted by Gasteiger charge is -2.48. The van der Waals surface area contributed by atoms with Crippen LogP contribution < -0.4 is 0 Å². The number of esters is 1. The molecular formula is C15H22O5. The molecule has 2 bridgehead atoms. The highest BCUT2D eigenvalue weighted by molar-refractivity contribution is 5.75. The minimum atomic E-state index is -1.07. The van der Waals surface area contributed by atoms with Crippen molar-refractivity contribution in [1.29, 1.82) is 0 Å². The lowest BCUT2D eigenvalue weighted by atomic mass is 9.70. The van der Waals surface area contributed by atoms with E-state index in [-0.39, 0.29) is 23.7 Å². The Morgan fingerprint density at radius 2 is 1.95 bits per heavy atom. The van der Waals surface area contributed by atoms with E-state index in [2.05, 4.69) is 0 Å². The number of ether oxygens (including phenoxy) is 2. The maximum absolute atomic E-state index is 12.0. The molecule has 3 heterocycles. The van der Waals surface area contributed by atoms with E-state index < -0.39 is 22.6 Å². The van der Waals surface area contributed by atoms with Crippen molar-refractivity contribution in [2.45, 2.75) is 69.0 Å². The Morgan fingerprint density at radius 1 is 1.25 bits per heavy atom. The molecule has 3 aliphatic heterocycles. The fraction of sp³-hybridized carbons (Fsp3) is 0.933. The molecule has 0 amide bonds. The molecule has 0 aromatic heterocycles. The topological polar surface area (TPSA) is 76.0 Å². The highest BCUT2D eigenvalue weighted by Crippen LogP contribution is 2.68. The number of hydrogen-bond acceptors (Lipinski definition) is 5. The van der Waals surface area contributed by atoms with Crippen LogP contribution in [0.25, 0.3) is 0 Å². The maximum Gasteiger partial charge on any atom is 0.311 e. The zero-order chi connectivity index (χ0) is 14.6. The van der Waals surface area contributed by atoms with Crippen LogP contribution in [0, 0.1) is 17.8 Å². The van der Waals surface area contributed by atoms with Crippen molar-refractivity contribution in [1.82, 2.24) is 0 Å². The third-order valence-corrected chi connectivity index (χ3v) is 6.48. The minimum absolute atomic E-state index is 0.0772. The summed E-state index contributed by atoms with van der Waals surface area (Å²) in [7, 11) is 0. The van der Waals surface area contributed by atoms with Crippen molar-refractivity contribution < 1.29 is 24.5 Å². The molecule has 1 saturated carbocycles. The van der Waals surface area contributed by atoms with Crippen LogP contribution in [0.15, 0.2) is 0 Å². The summed E-state index contributed by atoms with van der Waals surface area (Å²) in [5, 5.41) is 21.6. The van der Waals surface area contributed by atoms with Crippen molar-refractivity contribution >= 4 is 5.97 Å². The first-order valence-corrected chi connectivity index (χ1v) is 7.51. The van der Waals surface area contributed by atoms with Crippen LogP contribution in [0.3, 0.4) is 0 Å². The summed E-state index contributed by atoms with van der Waals surface area (Å²) in [5.41, 5.74) is -2.71. The predicted octanol–water partition coefficient (Wildman–Crippen LogP) is 0.967. The largest absolute Gasteiger partial charge is 0.432 e. The molecular weight excluding hydrogens is 260 g/mol. The Hall–Kier alpha value is -0.650. The van der Waals surface area contributed by atoms with Gasteiger partial charge in [0.05, 0.1) is 17.1 Å². The van der Waals surface area contributed by atoms with Crippen molar-refractivity contribution in [2.24, 2.45) is 17.8 Å². The molecule has 3 saturated heterocycles. The lowest BCUT2D eigenvalue weighted by Crippen LogP contribution is -2.58. The van der Waals surface area contributed by atoms with Crippen molar-refractivity contribution in [3.05, 3.63) is 0 Å². The van der Waals surface area contributed by atoms with Gasteiger partial charge in [0.25, 0.3) is 0 Å². The number of carbonyl (C=O) groups excluding carboxylic acids is 1. The van der Waals surface area contributed by atoms with Gasteiger partial charge in [-0.1, -0.05) is 6.92 Å². The van der Waals surface area contributed by atoms with E-state index in [9.17, 15) is 15.0 Å². The van der Waals surface area contributed by atoms with Crippen LogP contribution in [0.4, 0.5) is 0 Å². The summed E-state index contributed by atoms with van der Waals surface area (Å²) < 4.78 is 11.8. The van der Waals surface area contributed by atoms with E-state index in [1.165, 1.54) is 0 Å². The highest BCUT2D eigenvalue weighted by atomic mass is 16.7. The Balaban J connectivity index is 1.86. The summed E-state index contributed by atoms with van der Waals surface area (Å²) in [6.07, 6.45) is 2.21. The van der Waals surface area contributed by atoms with Gasteiger partial charge in [-0.2, -0.15) is 0 Å². The van der Waals surface area contributed by atoms with Gasteiger partial charge in [0, 0.05) is 18.3 Å². The monoisotopic (exact) mass is 282 g/mol. The van der Waals surface area contributed by atoms with Gasteiger partial charge in [-0.25, -0.2) is 0 Å². The summed E-state index contributed by atoms with van der Waals surface area (Å²) in [6, 6.07) is 0. The van der Waals surface area contributed by atoms with Crippen molar-refractivity contribution in [3.63, 3.8) is 0 Å². The molecule has 4 rings (SSSR count). The zero-order valence-electron chi connectivity index (χ0n) is 12.2. The molecule has 4 fully saturated rings. The summed E-state index contributed by atoms with van der Waals surface area (Å²) in [4.78, 5) is 12.0. The average molecular weight is 282 g/mol. The highest BCUT2D eigenvalue weighted by Gasteiger charge is 2.79. The van der Waals surface area contributed by atoms with Gasteiger partial charge < -0.3 is 19.7 Å². The van der Waals surface area contributed by atoms with Gasteiger partial charge in [0.15, 0.2) is 0 Å². The smallest absolute Gasteiger partial charge is 0.311 e. The van der Waals surface area contributed by atoms with Crippen LogP contribution in [-0.2, 0) is 14.3 Å². The summed E-state index contributed by atoms with van der Waals surface area (Å²) >= 11 is 0. The van der Waals surface area contributed by atoms with Crippen LogP contribution in [-0.4, -0.2) is 38.8 Å². The number of rotatable bonds is 0. The normalized spacial score (nSPS) is 64.0. The molecule has 0 aromatic carbocycles. The average Bonchev–Trinajstić information content (AvgIpc) is 2.78. The van der Waals surface area contributed by atoms with E-state index in [1.54, 1.807) is 6.92 Å². The molecule has 5 heteroatoms. The molecule has 1 aliphatic carbocycles. The van der Waals surface area contributed by atoms with Gasteiger partial charge in [-0.05, 0) is 33.1 Å². The van der Waals surface area contributed by atoms with Crippen molar-refractivity contribution in [3.8, 4) is 0 Å². The molecule has 20 heavy (non-hydrogen) atoms. The quantitative estimate of drug-likeness (QED) is 0.647. The third-order valence-electron chi connectivity index (χ3n) is 6.48. The van der Waals surface area contributed by atoms with E-state index in [4.69, 9.17) is 9.47 Å². The SMILES string of the molecule is CC1C(=O)OC23C[C@@](C)(O)C4(CC[C@@](C)(O)C4CC12)O3. The molecule has 5 unspecified atom stereocenters. The maximum atomic E-state index is 12.0. The number of aliphatic hydroxyl groups is 2. The van der Waals surface area contributed by atoms with Crippen LogP contribution in [0.2, 0.25) is 0 Å². The number of carbonyl (C=O) groups is 1. The molecule has 112 valence electrons. The first-order valence-electron chi connectivity index (χ1n) is 7.51. The van der Waals surface area contributed by atoms with Gasteiger partial charge in [-0.3, -0.25) is 4.79 Å². The lowest BCUT2D eigenvalue weighted by molar-refractivity contribution is -0.293. The zero-order valence-corrected chi connectivity index (χ0v) is 12.2. The second-order valence-electron chi connectivity index (χ2n) is 7.72. The van der Waals surface area contributed by atoms with Crippen LogP contribution in [0.1, 0.15) is 46.5 Å². The Kier molecular flexibility index (Phi) is 2.11. The first-order chi connectivity index (χ1) is 9.14. The fourth-order valence-electron chi connectivity index (χ4n) is 5.37. The molecule has 0 aromatic rings. The third kappa shape index (κ3) is 1.19. The van der Waals surface area contributed by atoms with E-state index in [0.29, 0.717) is 25.7 Å². The van der Waals surface area contributed by atoms with Gasteiger partial charge in [0.2, 0.25) is 5.79 Å². The van der Waals surface area contributed by atoms with E-state index in [1.807, 2.05) is 13.8 Å². The van der Waals surface area contributed by atoms with Gasteiger partial charge in [-0.15, -0.1) is 0 Å². The Bertz CT molecular complexity index is 498. The Morgan fingerprint density at radius 3 is 2.65 bits per heavy atom. The Labute approximate surface area is 118 Å². The second kappa shape index (κ2) is 3.23. The fourth-order valence-corrected chi connectivity index (χ4v) is 5.37. The molecule has 2 spiro atoms. The molecule has 2 N–H and O–H groups in total.